The zero-order chi connectivity index (χ0) is 25.9. The molecule has 10 nitrogen and oxygen atoms in total. The van der Waals surface area contributed by atoms with Crippen LogP contribution in [-0.2, 0) is 10.0 Å². The number of aromatic nitrogens is 4. The standard InChI is InChI=1S/C24H36N6O4S/c1-8-17(9-2)23-25-16(4)21-24(31)26-22(27-30(21)23)19-15-18(11-12-20(19)34-10-3)35(32,33)29(7)14-13-28(5)6/h11-12,15,17H,8-10,13-14H2,1-7H3,(H,26,27,31). The average Bonchev–Trinajstić information content (AvgIpc) is 3.15. The number of likely N-dealkylation sites (N-methyl/N-ethyl adjacent to an activating group) is 2. The van der Waals surface area contributed by atoms with Gasteiger partial charge in [-0.05, 0) is 59.0 Å². The van der Waals surface area contributed by atoms with Gasteiger partial charge in [-0.15, -0.1) is 5.10 Å². The minimum Gasteiger partial charge on any atom is -0.493 e. The molecule has 0 radical (unpaired) electrons. The first-order chi connectivity index (χ1) is 16.5. The number of benzene rings is 1. The smallest absolute Gasteiger partial charge is 0.277 e. The van der Waals surface area contributed by atoms with Crippen molar-refractivity contribution in [2.24, 2.45) is 0 Å². The Morgan fingerprint density at radius 1 is 1.11 bits per heavy atom. The largest absolute Gasteiger partial charge is 0.493 e. The highest BCUT2D eigenvalue weighted by Gasteiger charge is 2.25. The molecule has 11 heteroatoms. The Hall–Kier alpha value is -2.76. The van der Waals surface area contributed by atoms with E-state index in [1.54, 1.807) is 24.6 Å². The van der Waals surface area contributed by atoms with Crippen molar-refractivity contribution in [2.45, 2.75) is 51.3 Å². The second-order valence-electron chi connectivity index (χ2n) is 8.85. The van der Waals surface area contributed by atoms with Crippen LogP contribution in [0.5, 0.6) is 5.75 Å². The first-order valence-corrected chi connectivity index (χ1v) is 13.4. The Balaban J connectivity index is 2.20. The Kier molecular flexibility index (Phi) is 8.34. The summed E-state index contributed by atoms with van der Waals surface area (Å²) < 4.78 is 35.2. The van der Waals surface area contributed by atoms with Gasteiger partial charge in [0.2, 0.25) is 10.0 Å². The van der Waals surface area contributed by atoms with E-state index in [1.807, 2.05) is 25.9 Å². The van der Waals surface area contributed by atoms with Crippen LogP contribution in [0.3, 0.4) is 0 Å². The average molecular weight is 505 g/mol. The highest BCUT2D eigenvalue weighted by Crippen LogP contribution is 2.32. The highest BCUT2D eigenvalue weighted by molar-refractivity contribution is 7.89. The predicted molar refractivity (Wildman–Crippen MR) is 137 cm³/mol. The van der Waals surface area contributed by atoms with Gasteiger partial charge < -0.3 is 14.6 Å². The second kappa shape index (κ2) is 10.9. The predicted octanol–water partition coefficient (Wildman–Crippen LogP) is 2.88. The van der Waals surface area contributed by atoms with E-state index in [-0.39, 0.29) is 22.2 Å². The fourth-order valence-corrected chi connectivity index (χ4v) is 5.20. The minimum atomic E-state index is -3.76. The zero-order valence-corrected chi connectivity index (χ0v) is 22.4. The maximum Gasteiger partial charge on any atom is 0.277 e. The molecule has 35 heavy (non-hydrogen) atoms. The Bertz CT molecular complexity index is 1340. The van der Waals surface area contributed by atoms with Gasteiger partial charge in [0.25, 0.3) is 5.56 Å². The van der Waals surface area contributed by atoms with Gasteiger partial charge in [0.15, 0.2) is 11.3 Å². The second-order valence-corrected chi connectivity index (χ2v) is 10.9. The van der Waals surface area contributed by atoms with Crippen molar-refractivity contribution in [2.75, 3.05) is 40.8 Å². The third-order valence-electron chi connectivity index (χ3n) is 6.13. The number of imidazole rings is 1. The third kappa shape index (κ3) is 5.41. The molecule has 0 aliphatic rings. The van der Waals surface area contributed by atoms with Gasteiger partial charge in [-0.25, -0.2) is 17.9 Å². The molecule has 3 aromatic rings. The first kappa shape index (κ1) is 26.8. The van der Waals surface area contributed by atoms with Gasteiger partial charge in [-0.1, -0.05) is 13.8 Å². The Labute approximate surface area is 207 Å². The number of ether oxygens (including phenoxy) is 1. The van der Waals surface area contributed by atoms with Crippen LogP contribution in [-0.4, -0.2) is 78.0 Å². The summed E-state index contributed by atoms with van der Waals surface area (Å²) in [6.45, 7) is 9.08. The van der Waals surface area contributed by atoms with E-state index < -0.39 is 10.0 Å². The fraction of sp³-hybridized carbons (Fsp3) is 0.542. The number of fused-ring (bicyclic) bond motifs is 1. The van der Waals surface area contributed by atoms with Crippen molar-refractivity contribution < 1.29 is 13.2 Å². The van der Waals surface area contributed by atoms with E-state index >= 15 is 0 Å². The van der Waals surface area contributed by atoms with Crippen LogP contribution >= 0.6 is 0 Å². The maximum atomic E-state index is 13.3. The lowest BCUT2D eigenvalue weighted by Crippen LogP contribution is -2.33. The molecule has 0 saturated heterocycles. The number of nitrogens with one attached hydrogen (secondary N) is 1. The lowest BCUT2D eigenvalue weighted by molar-refractivity contribution is 0.341. The molecule has 0 aliphatic carbocycles. The molecule has 0 aliphatic heterocycles. The highest BCUT2D eigenvalue weighted by atomic mass is 32.2. The summed E-state index contributed by atoms with van der Waals surface area (Å²) in [6, 6.07) is 4.64. The van der Waals surface area contributed by atoms with Gasteiger partial charge in [0, 0.05) is 26.1 Å². The van der Waals surface area contributed by atoms with Gasteiger partial charge in [0.1, 0.15) is 11.6 Å². The molecule has 0 saturated carbocycles. The molecule has 0 bridgehead atoms. The monoisotopic (exact) mass is 504 g/mol. The number of sulfonamides is 1. The molecule has 1 aromatic carbocycles. The SMILES string of the molecule is CCOc1ccc(S(=O)(=O)N(C)CCN(C)C)cc1-c1nn2c(C(CC)CC)nc(C)c2c(=O)[nH]1. The Morgan fingerprint density at radius 3 is 2.40 bits per heavy atom. The summed E-state index contributed by atoms with van der Waals surface area (Å²) in [5.74, 6) is 1.52. The number of aryl methyl sites for hydroxylation is 1. The molecule has 0 atom stereocenters. The van der Waals surface area contributed by atoms with Crippen molar-refractivity contribution in [1.29, 1.82) is 0 Å². The summed E-state index contributed by atoms with van der Waals surface area (Å²) in [4.78, 5) is 22.6. The van der Waals surface area contributed by atoms with Gasteiger partial charge in [-0.2, -0.15) is 4.31 Å². The van der Waals surface area contributed by atoms with E-state index in [0.717, 1.165) is 18.7 Å². The number of rotatable bonds is 11. The third-order valence-corrected chi connectivity index (χ3v) is 7.98. The van der Waals surface area contributed by atoms with Crippen molar-refractivity contribution in [3.8, 4) is 17.1 Å². The normalized spacial score (nSPS) is 12.4. The van der Waals surface area contributed by atoms with Crippen molar-refractivity contribution in [3.05, 3.63) is 40.1 Å². The van der Waals surface area contributed by atoms with E-state index in [2.05, 4.69) is 23.8 Å². The number of aromatic amines is 1. The molecule has 0 unspecified atom stereocenters. The van der Waals surface area contributed by atoms with E-state index in [9.17, 15) is 13.2 Å². The molecule has 0 spiro atoms. The van der Waals surface area contributed by atoms with Crippen molar-refractivity contribution in [1.82, 2.24) is 28.8 Å². The summed E-state index contributed by atoms with van der Waals surface area (Å²) >= 11 is 0. The van der Waals surface area contributed by atoms with Crippen LogP contribution < -0.4 is 10.3 Å². The summed E-state index contributed by atoms with van der Waals surface area (Å²) in [7, 11) is 1.57. The molecule has 2 aromatic heterocycles. The van der Waals surface area contributed by atoms with Crippen LogP contribution in [0.25, 0.3) is 16.9 Å². The van der Waals surface area contributed by atoms with Crippen LogP contribution in [0.4, 0.5) is 0 Å². The first-order valence-electron chi connectivity index (χ1n) is 11.9. The number of H-pyrrole nitrogens is 1. The van der Waals surface area contributed by atoms with Crippen LogP contribution in [0, 0.1) is 6.92 Å². The quantitative estimate of drug-likeness (QED) is 0.427. The number of nitrogens with zero attached hydrogens (tertiary/aromatic N) is 5. The minimum absolute atomic E-state index is 0.0991. The number of hydrogen-bond donors (Lipinski definition) is 1. The van der Waals surface area contributed by atoms with Gasteiger partial charge in [-0.3, -0.25) is 4.79 Å². The molecule has 2 heterocycles. The van der Waals surface area contributed by atoms with E-state index in [0.29, 0.717) is 42.2 Å². The summed E-state index contributed by atoms with van der Waals surface area (Å²) in [5.41, 5.74) is 1.06. The lowest BCUT2D eigenvalue weighted by Gasteiger charge is -2.20. The lowest BCUT2D eigenvalue weighted by atomic mass is 10.0. The Morgan fingerprint density at radius 2 is 1.80 bits per heavy atom. The fourth-order valence-electron chi connectivity index (χ4n) is 4.01. The molecule has 3 rings (SSSR count). The molecule has 192 valence electrons. The van der Waals surface area contributed by atoms with Crippen molar-refractivity contribution in [3.63, 3.8) is 0 Å². The molecule has 1 N–H and O–H groups in total. The van der Waals surface area contributed by atoms with E-state index in [4.69, 9.17) is 9.84 Å². The summed E-state index contributed by atoms with van der Waals surface area (Å²) in [5, 5.41) is 4.72. The van der Waals surface area contributed by atoms with Crippen LogP contribution in [0.2, 0.25) is 0 Å². The van der Waals surface area contributed by atoms with Crippen molar-refractivity contribution >= 4 is 15.5 Å². The molecular weight excluding hydrogens is 468 g/mol. The molecular formula is C24H36N6O4S. The number of hydrogen-bond acceptors (Lipinski definition) is 7. The van der Waals surface area contributed by atoms with Crippen LogP contribution in [0.1, 0.15) is 51.0 Å². The summed E-state index contributed by atoms with van der Waals surface area (Å²) in [6.07, 6.45) is 1.71. The zero-order valence-electron chi connectivity index (χ0n) is 21.6. The molecule has 0 fully saturated rings. The van der Waals surface area contributed by atoms with Gasteiger partial charge in [0.05, 0.1) is 22.8 Å². The van der Waals surface area contributed by atoms with Gasteiger partial charge >= 0.3 is 0 Å². The maximum absolute atomic E-state index is 13.3. The molecule has 0 amide bonds. The van der Waals surface area contributed by atoms with E-state index in [1.165, 1.54) is 16.4 Å². The topological polar surface area (TPSA) is 113 Å². The van der Waals surface area contributed by atoms with Crippen LogP contribution in [0.15, 0.2) is 27.9 Å².